The zero-order valence-electron chi connectivity index (χ0n) is 38.5. The zero-order chi connectivity index (χ0) is 45.0. The standard InChI is InChI=1S/C32H30N2O3.C26H26N2O3/c35-23-9-7-20-14-24-32(36)15-22-21-8-6-18-2-1-3-19-10-12-34(27(21)25(18)19)28(22)30-31(32,26(20)29(23)37-30)11-13-33(24)16-17-4-5-17;1-27-11-9-25-20-15-7-8-18(29)23(20)31-24(25)22-17(13-26(25,30)19(27)12-15)16-6-2-4-14-5-3-10-28(22)21(14)16/h1-3,6-9,17,24,30,35-36H,4-5,10-16H2;2,4,6-8,19,24,29-30H,3,5,9-13H2,1H3/t24-,30?,31+,32-;19-,24?,25+,26-/m11/s1. The van der Waals surface area contributed by atoms with Crippen LogP contribution in [0.4, 0.5) is 0 Å². The minimum atomic E-state index is -0.925. The molecule has 4 bridgehead atoms. The van der Waals surface area contributed by atoms with Gasteiger partial charge in [-0.05, 0) is 135 Å². The normalized spacial score (nSPS) is 33.4. The maximum atomic E-state index is 13.1. The van der Waals surface area contributed by atoms with E-state index in [0.717, 1.165) is 94.7 Å². The van der Waals surface area contributed by atoms with Crippen molar-refractivity contribution in [1.82, 2.24) is 18.9 Å². The lowest BCUT2D eigenvalue weighted by molar-refractivity contribution is -0.173. The number of benzene rings is 5. The van der Waals surface area contributed by atoms with Gasteiger partial charge in [-0.1, -0.05) is 60.7 Å². The minimum Gasteiger partial charge on any atom is -0.504 e. The number of hydrogen-bond donors (Lipinski definition) is 4. The van der Waals surface area contributed by atoms with Crippen molar-refractivity contribution in [3.63, 3.8) is 0 Å². The monoisotopic (exact) mass is 904 g/mol. The van der Waals surface area contributed by atoms with Crippen LogP contribution in [0.15, 0.2) is 72.8 Å². The summed E-state index contributed by atoms with van der Waals surface area (Å²) in [6.45, 7) is 4.94. The van der Waals surface area contributed by atoms with Gasteiger partial charge in [-0.2, -0.15) is 0 Å². The Balaban J connectivity index is 0.000000117. The van der Waals surface area contributed by atoms with E-state index in [4.69, 9.17) is 9.47 Å². The Morgan fingerprint density at radius 3 is 1.97 bits per heavy atom. The van der Waals surface area contributed by atoms with Crippen LogP contribution in [0, 0.1) is 5.92 Å². The van der Waals surface area contributed by atoms with Crippen molar-refractivity contribution in [3.8, 4) is 23.0 Å². The van der Waals surface area contributed by atoms with E-state index in [9.17, 15) is 20.4 Å². The third-order valence-corrected chi connectivity index (χ3v) is 20.4. The molecule has 4 N–H and O–H groups in total. The van der Waals surface area contributed by atoms with Crippen LogP contribution in [0.1, 0.15) is 100 Å². The van der Waals surface area contributed by atoms with Crippen LogP contribution < -0.4 is 9.47 Å². The predicted octanol–water partition coefficient (Wildman–Crippen LogP) is 7.97. The molecule has 2 spiro atoms. The number of fused-ring (bicyclic) bond motifs is 8. The van der Waals surface area contributed by atoms with Gasteiger partial charge in [0.1, 0.15) is 0 Å². The van der Waals surface area contributed by atoms with Crippen LogP contribution in [0.2, 0.25) is 0 Å². The van der Waals surface area contributed by atoms with Crippen molar-refractivity contribution in [1.29, 1.82) is 0 Å². The van der Waals surface area contributed by atoms with E-state index in [0.29, 0.717) is 24.3 Å². The number of piperidine rings is 2. The fourth-order valence-electron chi connectivity index (χ4n) is 17.6. The highest BCUT2D eigenvalue weighted by molar-refractivity contribution is 6.10. The van der Waals surface area contributed by atoms with Crippen LogP contribution in [-0.2, 0) is 62.4 Å². The molecule has 10 nitrogen and oxygen atoms in total. The number of aromatic hydroxyl groups is 2. The van der Waals surface area contributed by atoms with Gasteiger partial charge in [-0.15, -0.1) is 0 Å². The first-order chi connectivity index (χ1) is 33.1. The van der Waals surface area contributed by atoms with Crippen LogP contribution >= 0.6 is 0 Å². The van der Waals surface area contributed by atoms with Gasteiger partial charge in [-0.3, -0.25) is 4.90 Å². The molecule has 7 aromatic rings. The second kappa shape index (κ2) is 12.3. The smallest absolute Gasteiger partial charge is 0.166 e. The first-order valence-electron chi connectivity index (χ1n) is 25.7. The molecule has 5 aliphatic carbocycles. The SMILES string of the molecule is CN1CC[C@]23c4c5ccc(O)c4OC2c2c(c4cccc6c4n2CCC6)C[C@@]3(O)[C@H]1C5.Oc1ccc2c3c1OC1c4c(c5ccc6cccc7c6c5n4CC7)C[C@@]4(O)[C@@H](C2)N(CC2CC2)CC[C@]314. The van der Waals surface area contributed by atoms with Crippen molar-refractivity contribution >= 4 is 32.6 Å². The van der Waals surface area contributed by atoms with Crippen LogP contribution in [0.3, 0.4) is 0 Å². The molecule has 2 saturated heterocycles. The van der Waals surface area contributed by atoms with Crippen LogP contribution in [0.25, 0.3) is 32.6 Å². The molecule has 5 aromatic carbocycles. The summed E-state index contributed by atoms with van der Waals surface area (Å²) in [5, 5.41) is 52.8. The van der Waals surface area contributed by atoms with Crippen molar-refractivity contribution in [2.45, 2.75) is 130 Å². The number of likely N-dealkylation sites (tertiary alicyclic amines) is 2. The summed E-state index contributed by atoms with van der Waals surface area (Å²) >= 11 is 0. The van der Waals surface area contributed by atoms with Crippen molar-refractivity contribution in [2.75, 3.05) is 26.7 Å². The average Bonchev–Trinajstić information content (AvgIpc) is 3.70. The zero-order valence-corrected chi connectivity index (χ0v) is 38.5. The summed E-state index contributed by atoms with van der Waals surface area (Å²) in [5.74, 6) is 2.45. The molecule has 8 heterocycles. The topological polar surface area (TPSA) is 116 Å². The minimum absolute atomic E-state index is 0.0511. The number of aliphatic hydroxyl groups is 2. The van der Waals surface area contributed by atoms with Gasteiger partial charge in [0.25, 0.3) is 0 Å². The molecule has 344 valence electrons. The third-order valence-electron chi connectivity index (χ3n) is 20.4. The number of phenols is 2. The molecule has 1 saturated carbocycles. The van der Waals surface area contributed by atoms with Gasteiger partial charge in [0, 0.05) is 71.8 Å². The van der Waals surface area contributed by atoms with Crippen molar-refractivity contribution in [3.05, 3.63) is 129 Å². The van der Waals surface area contributed by atoms with Crippen LogP contribution in [-0.4, -0.2) is 89.3 Å². The summed E-state index contributed by atoms with van der Waals surface area (Å²) in [7, 11) is 2.15. The summed E-state index contributed by atoms with van der Waals surface area (Å²) in [4.78, 5) is 4.97. The number of aryl methyl sites for hydroxylation is 4. The molecule has 68 heavy (non-hydrogen) atoms. The van der Waals surface area contributed by atoms with Gasteiger partial charge in [0.2, 0.25) is 0 Å². The fraction of sp³-hybridized carbons (Fsp3) is 0.448. The summed E-state index contributed by atoms with van der Waals surface area (Å²) in [6.07, 6.45) is 10.0. The molecule has 18 rings (SSSR count). The van der Waals surface area contributed by atoms with E-state index in [1.165, 1.54) is 90.2 Å². The Morgan fingerprint density at radius 2 is 1.25 bits per heavy atom. The summed E-state index contributed by atoms with van der Waals surface area (Å²) < 4.78 is 18.6. The number of aromatic nitrogens is 2. The second-order valence-electron chi connectivity index (χ2n) is 23.1. The maximum absolute atomic E-state index is 13.1. The lowest BCUT2D eigenvalue weighted by Crippen LogP contribution is -2.74. The first kappa shape index (κ1) is 38.3. The molecule has 6 aliphatic heterocycles. The summed E-state index contributed by atoms with van der Waals surface area (Å²) in [6, 6.07) is 25.8. The highest BCUT2D eigenvalue weighted by Crippen LogP contribution is 2.71. The molecule has 2 unspecified atom stereocenters. The van der Waals surface area contributed by atoms with E-state index in [-0.39, 0.29) is 35.8 Å². The Morgan fingerprint density at radius 1 is 0.618 bits per heavy atom. The van der Waals surface area contributed by atoms with E-state index >= 15 is 0 Å². The maximum Gasteiger partial charge on any atom is 0.166 e. The lowest BCUT2D eigenvalue weighted by atomic mass is 9.49. The number of likely N-dealkylation sites (N-methyl/N-ethyl adjacent to an activating group) is 1. The number of phenolic OH excluding ortho intramolecular Hbond substituents is 2. The molecule has 2 aromatic heterocycles. The van der Waals surface area contributed by atoms with E-state index in [2.05, 4.69) is 86.6 Å². The first-order valence-corrected chi connectivity index (χ1v) is 25.7. The Kier molecular flexibility index (Phi) is 6.91. The molecule has 0 amide bonds. The predicted molar refractivity (Wildman–Crippen MR) is 258 cm³/mol. The highest BCUT2D eigenvalue weighted by Gasteiger charge is 2.75. The number of ether oxygens (including phenoxy) is 2. The average molecular weight is 905 g/mol. The van der Waals surface area contributed by atoms with Gasteiger partial charge in [0.15, 0.2) is 35.2 Å². The van der Waals surface area contributed by atoms with Gasteiger partial charge < -0.3 is 43.9 Å². The molecule has 10 heteroatoms. The largest absolute Gasteiger partial charge is 0.504 e. The molecule has 11 aliphatic rings. The second-order valence-corrected chi connectivity index (χ2v) is 23.1. The van der Waals surface area contributed by atoms with E-state index in [1.807, 2.05) is 6.07 Å². The molecular weight excluding hydrogens is 849 g/mol. The molecule has 3 fully saturated rings. The number of hydrogen-bond acceptors (Lipinski definition) is 8. The Bertz CT molecular complexity index is 3500. The van der Waals surface area contributed by atoms with Gasteiger partial charge in [-0.25, -0.2) is 0 Å². The third kappa shape index (κ3) is 4.13. The van der Waals surface area contributed by atoms with Gasteiger partial charge in [0.05, 0.1) is 44.5 Å². The van der Waals surface area contributed by atoms with E-state index < -0.39 is 22.0 Å². The quantitative estimate of drug-likeness (QED) is 0.138. The number of para-hydroxylation sites is 1. The fourth-order valence-corrected chi connectivity index (χ4v) is 17.6. The van der Waals surface area contributed by atoms with Crippen LogP contribution in [0.5, 0.6) is 23.0 Å². The molecule has 0 radical (unpaired) electrons. The highest BCUT2D eigenvalue weighted by atomic mass is 16.5. The number of nitrogens with zero attached hydrogens (tertiary/aromatic N) is 4. The summed E-state index contributed by atoms with van der Waals surface area (Å²) in [5.41, 5.74) is 12.3. The number of rotatable bonds is 2. The Hall–Kier alpha value is -5.52. The Labute approximate surface area is 394 Å². The van der Waals surface area contributed by atoms with Crippen molar-refractivity contribution in [2.24, 2.45) is 5.92 Å². The van der Waals surface area contributed by atoms with Gasteiger partial charge >= 0.3 is 0 Å². The molecule has 8 atom stereocenters. The van der Waals surface area contributed by atoms with Crippen molar-refractivity contribution < 1.29 is 29.9 Å². The molecular formula is C58H56N4O6. The van der Waals surface area contributed by atoms with E-state index in [1.54, 1.807) is 6.07 Å². The lowest BCUT2D eigenvalue weighted by Gasteiger charge is -2.63.